The minimum absolute atomic E-state index is 0.221. The summed E-state index contributed by atoms with van der Waals surface area (Å²) in [4.78, 5) is 66.3. The van der Waals surface area contributed by atoms with Crippen LogP contribution in [0.25, 0.3) is 32.0 Å². The van der Waals surface area contributed by atoms with E-state index < -0.39 is 78.3 Å². The molecule has 0 aliphatic heterocycles. The van der Waals surface area contributed by atoms with Crippen LogP contribution in [0.15, 0.2) is 265 Å². The van der Waals surface area contributed by atoms with E-state index >= 15 is 0 Å². The Labute approximate surface area is 469 Å². The van der Waals surface area contributed by atoms with Crippen molar-refractivity contribution in [1.29, 1.82) is 10.5 Å². The highest BCUT2D eigenvalue weighted by molar-refractivity contribution is 6.07. The second kappa shape index (κ2) is 27.6. The third-order valence-electron chi connectivity index (χ3n) is 12.8. The van der Waals surface area contributed by atoms with Gasteiger partial charge in [-0.3, -0.25) is 9.59 Å². The van der Waals surface area contributed by atoms with E-state index in [1.807, 2.05) is 12.1 Å². The average Bonchev–Trinajstić information content (AvgIpc) is 3.55. The predicted molar refractivity (Wildman–Crippen MR) is 306 cm³/mol. The maximum Gasteiger partial charge on any atom is 0.349 e. The largest absolute Gasteiger partial charge is 0.470 e. The van der Waals surface area contributed by atoms with Crippen LogP contribution in [-0.2, 0) is 38.1 Å². The van der Waals surface area contributed by atoms with Gasteiger partial charge in [-0.15, -0.1) is 0 Å². The molecule has 0 aromatic heterocycles. The number of nitrogens with zero attached hydrogens (tertiary/aromatic N) is 4. The molecule has 0 saturated carbocycles. The normalized spacial score (nSPS) is 10.3. The molecule has 0 aliphatic rings. The third kappa shape index (κ3) is 13.8. The van der Waals surface area contributed by atoms with Crippen LogP contribution in [0.4, 0.5) is 0 Å². The molecular formula is C69H48N4O8. The van der Waals surface area contributed by atoms with Crippen LogP contribution in [0, 0.1) is 41.2 Å². The lowest BCUT2D eigenvalue weighted by Crippen LogP contribution is -2.44. The molecule has 0 N–H and O–H groups in total. The molecule has 8 aromatic carbocycles. The lowest BCUT2D eigenvalue weighted by Gasteiger charge is -2.32. The summed E-state index contributed by atoms with van der Waals surface area (Å²) in [6.45, 7) is 13.2. The Bertz CT molecular complexity index is 3160. The summed E-state index contributed by atoms with van der Waals surface area (Å²) >= 11 is 0. The van der Waals surface area contributed by atoms with Gasteiger partial charge < -0.3 is 18.9 Å². The number of carbonyl (C=O) groups is 4. The number of nitriles is 2. The summed E-state index contributed by atoms with van der Waals surface area (Å²) in [6, 6.07) is 73.7. The quantitative estimate of drug-likeness (QED) is 0.0236. The number of hydrogen-bond acceptors (Lipinski definition) is 10. The summed E-state index contributed by atoms with van der Waals surface area (Å²) in [5, 5.41) is 21.6. The van der Waals surface area contributed by atoms with Crippen molar-refractivity contribution in [3.8, 4) is 12.1 Å². The zero-order valence-electron chi connectivity index (χ0n) is 43.5. The molecule has 8 rings (SSSR count). The number of ether oxygens (including phenoxy) is 4. The van der Waals surface area contributed by atoms with E-state index in [-0.39, 0.29) is 22.3 Å². The van der Waals surface area contributed by atoms with Crippen molar-refractivity contribution in [3.05, 3.63) is 333 Å². The fourth-order valence-corrected chi connectivity index (χ4v) is 8.85. The molecular weight excluding hydrogens is 1010 g/mol. The standard InChI is InChI=1S/C69H48N4O8/c1-72-63(61(53-35-19-7-20-36-53)54-37-21-8-22-38-54)67(76)80-47-69(45-78-65(74)57(43-70)59(49-27-11-3-12-28-49)50-29-13-4-14-30-50,46-79-66(75)58(44-71)60(51-31-15-5-16-32-51)52-33-17-6-18-34-52)48-81-68(77)64(73-2)62(55-39-23-9-24-40-55)56-41-25-10-26-42-56/h3-42H,45-48H2. The minimum atomic E-state index is -2.11. The van der Waals surface area contributed by atoms with E-state index in [0.717, 1.165) is 0 Å². The first kappa shape index (κ1) is 55.8. The topological polar surface area (TPSA) is 162 Å². The van der Waals surface area contributed by atoms with Crippen LogP contribution in [0.1, 0.15) is 44.5 Å². The number of carbonyl (C=O) groups excluding carboxylic acids is 4. The Hall–Kier alpha value is -11.4. The minimum Gasteiger partial charge on any atom is -0.470 e. The summed E-state index contributed by atoms with van der Waals surface area (Å²) in [6.07, 6.45) is 0. The van der Waals surface area contributed by atoms with Gasteiger partial charge >= 0.3 is 23.9 Å². The van der Waals surface area contributed by atoms with Crippen molar-refractivity contribution in [2.75, 3.05) is 26.4 Å². The highest BCUT2D eigenvalue weighted by atomic mass is 16.6. The first-order valence-electron chi connectivity index (χ1n) is 25.3. The molecule has 0 aliphatic carbocycles. The molecule has 392 valence electrons. The van der Waals surface area contributed by atoms with Crippen molar-refractivity contribution in [1.82, 2.24) is 0 Å². The second-order valence-electron chi connectivity index (χ2n) is 18.1. The SMILES string of the molecule is [C-]#[N+]C(C(=O)OCC(COC(=O)C(C#N)=C(c1ccccc1)c1ccccc1)(COC(=O)C(C#N)=C(c1ccccc1)c1ccccc1)COC(=O)C([N+]#[C-])=C(c1ccccc1)c1ccccc1)=C(c1ccccc1)c1ccccc1. The highest BCUT2D eigenvalue weighted by Crippen LogP contribution is 2.34. The first-order chi connectivity index (χ1) is 39.7. The monoisotopic (exact) mass is 1060 g/mol. The fraction of sp³-hybridized carbons (Fsp3) is 0.0725. The molecule has 12 heteroatoms. The van der Waals surface area contributed by atoms with Crippen molar-refractivity contribution in [2.45, 2.75) is 0 Å². The summed E-state index contributed by atoms with van der Waals surface area (Å²) in [5.41, 5.74) is 1.05. The van der Waals surface area contributed by atoms with Crippen LogP contribution < -0.4 is 0 Å². The van der Waals surface area contributed by atoms with E-state index in [1.54, 1.807) is 243 Å². The summed E-state index contributed by atoms with van der Waals surface area (Å²) in [7, 11) is 0. The van der Waals surface area contributed by atoms with Gasteiger partial charge in [0.2, 0.25) is 0 Å². The van der Waals surface area contributed by atoms with Crippen molar-refractivity contribution < 1.29 is 38.1 Å². The van der Waals surface area contributed by atoms with E-state index in [4.69, 9.17) is 32.1 Å². The maximum absolute atomic E-state index is 14.7. The maximum atomic E-state index is 14.7. The number of hydrogen-bond donors (Lipinski definition) is 0. The second-order valence-corrected chi connectivity index (χ2v) is 18.1. The van der Waals surface area contributed by atoms with Crippen LogP contribution in [0.3, 0.4) is 0 Å². The zero-order chi connectivity index (χ0) is 56.8. The highest BCUT2D eigenvalue weighted by Gasteiger charge is 2.40. The Morgan fingerprint density at radius 1 is 0.321 bits per heavy atom. The predicted octanol–water partition coefficient (Wildman–Crippen LogP) is 13.0. The van der Waals surface area contributed by atoms with E-state index in [9.17, 15) is 29.7 Å². The van der Waals surface area contributed by atoms with Gasteiger partial charge in [0.05, 0.1) is 13.1 Å². The van der Waals surface area contributed by atoms with Gasteiger partial charge in [-0.2, -0.15) is 10.5 Å². The molecule has 0 radical (unpaired) electrons. The third-order valence-corrected chi connectivity index (χ3v) is 12.8. The van der Waals surface area contributed by atoms with Crippen molar-refractivity contribution >= 4 is 46.2 Å². The lowest BCUT2D eigenvalue weighted by atomic mass is 9.91. The van der Waals surface area contributed by atoms with Gasteiger partial charge in [0.15, 0.2) is 0 Å². The molecule has 0 heterocycles. The van der Waals surface area contributed by atoms with Crippen molar-refractivity contribution in [3.63, 3.8) is 0 Å². The number of benzene rings is 8. The fourth-order valence-electron chi connectivity index (χ4n) is 8.85. The molecule has 0 bridgehead atoms. The van der Waals surface area contributed by atoms with Gasteiger partial charge in [-0.05, 0) is 44.5 Å². The zero-order valence-corrected chi connectivity index (χ0v) is 43.5. The van der Waals surface area contributed by atoms with Crippen LogP contribution in [-0.4, -0.2) is 50.3 Å². The summed E-state index contributed by atoms with van der Waals surface area (Å²) in [5.74, 6) is -4.62. The Balaban J connectivity index is 1.28. The number of rotatable bonds is 20. The molecule has 0 spiro atoms. The summed E-state index contributed by atoms with van der Waals surface area (Å²) < 4.78 is 24.3. The van der Waals surface area contributed by atoms with E-state index in [0.29, 0.717) is 44.5 Å². The van der Waals surface area contributed by atoms with Gasteiger partial charge in [0.1, 0.15) is 55.1 Å². The Kier molecular flexibility index (Phi) is 19.0. The van der Waals surface area contributed by atoms with Crippen molar-refractivity contribution in [2.24, 2.45) is 5.41 Å². The molecule has 0 fully saturated rings. The molecule has 8 aromatic rings. The molecule has 0 saturated heterocycles. The molecule has 0 unspecified atom stereocenters. The van der Waals surface area contributed by atoms with Crippen LogP contribution in [0.5, 0.6) is 0 Å². The molecule has 0 amide bonds. The van der Waals surface area contributed by atoms with Crippen LogP contribution >= 0.6 is 0 Å². The molecule has 12 nitrogen and oxygen atoms in total. The number of esters is 4. The van der Waals surface area contributed by atoms with E-state index in [2.05, 4.69) is 9.69 Å². The Morgan fingerprint density at radius 3 is 0.691 bits per heavy atom. The van der Waals surface area contributed by atoms with Gasteiger partial charge in [-0.1, -0.05) is 243 Å². The average molecular weight is 1060 g/mol. The van der Waals surface area contributed by atoms with Gasteiger partial charge in [-0.25, -0.2) is 19.3 Å². The lowest BCUT2D eigenvalue weighted by molar-refractivity contribution is -0.165. The first-order valence-corrected chi connectivity index (χ1v) is 25.3. The molecule has 81 heavy (non-hydrogen) atoms. The van der Waals surface area contributed by atoms with Crippen LogP contribution in [0.2, 0.25) is 0 Å². The van der Waals surface area contributed by atoms with Gasteiger partial charge in [0, 0.05) is 22.3 Å². The smallest absolute Gasteiger partial charge is 0.349 e. The Morgan fingerprint density at radius 2 is 0.506 bits per heavy atom. The molecule has 0 atom stereocenters. The van der Waals surface area contributed by atoms with Gasteiger partial charge in [0.25, 0.3) is 11.4 Å². The van der Waals surface area contributed by atoms with E-state index in [1.165, 1.54) is 0 Å².